The average molecular weight is 317 g/mol. The van der Waals surface area contributed by atoms with Gasteiger partial charge < -0.3 is 4.74 Å². The zero-order chi connectivity index (χ0) is 16.8. The lowest BCUT2D eigenvalue weighted by Gasteiger charge is -2.11. The van der Waals surface area contributed by atoms with Gasteiger partial charge in [0.15, 0.2) is 0 Å². The first-order chi connectivity index (χ1) is 11.8. The number of benzene rings is 2. The highest BCUT2D eigenvalue weighted by atomic mass is 16.5. The molecule has 24 heavy (non-hydrogen) atoms. The number of para-hydroxylation sites is 1. The van der Waals surface area contributed by atoms with Crippen LogP contribution in [0.1, 0.15) is 21.5 Å². The third kappa shape index (κ3) is 3.69. The van der Waals surface area contributed by atoms with E-state index in [9.17, 15) is 4.79 Å². The predicted molar refractivity (Wildman–Crippen MR) is 95.4 cm³/mol. The Morgan fingerprint density at radius 3 is 2.54 bits per heavy atom. The molecule has 3 aromatic rings. The van der Waals surface area contributed by atoms with E-state index < -0.39 is 0 Å². The lowest BCUT2D eigenvalue weighted by atomic mass is 9.98. The van der Waals surface area contributed by atoms with E-state index in [0.29, 0.717) is 18.6 Å². The number of hydrogen-bond donors (Lipinski definition) is 0. The average Bonchev–Trinajstić information content (AvgIpc) is 2.64. The lowest BCUT2D eigenvalue weighted by Crippen LogP contribution is -2.05. The smallest absolute Gasteiger partial charge is 0.150 e. The number of hydrogen-bond acceptors (Lipinski definition) is 3. The molecule has 0 fully saturated rings. The number of aldehydes is 1. The van der Waals surface area contributed by atoms with Gasteiger partial charge in [0.05, 0.1) is 6.61 Å². The molecule has 120 valence electrons. The topological polar surface area (TPSA) is 39.2 Å². The fraction of sp³-hybridized carbons (Fsp3) is 0.143. The fourth-order valence-corrected chi connectivity index (χ4v) is 2.65. The van der Waals surface area contributed by atoms with Crippen molar-refractivity contribution in [1.29, 1.82) is 0 Å². The number of ether oxygens (including phenoxy) is 1. The molecule has 0 aliphatic rings. The second-order valence-electron chi connectivity index (χ2n) is 5.63. The standard InChI is InChI=1S/C21H19NO2/c1-16-4-2-3-5-21(16)24-13-10-19-14-18(6-7-20(19)15-23)17-8-11-22-12-9-17/h2-9,11-12,14-15H,10,13H2,1H3. The van der Waals surface area contributed by atoms with Crippen LogP contribution in [0.2, 0.25) is 0 Å². The summed E-state index contributed by atoms with van der Waals surface area (Å²) < 4.78 is 5.86. The van der Waals surface area contributed by atoms with Gasteiger partial charge in [0.25, 0.3) is 0 Å². The minimum Gasteiger partial charge on any atom is -0.493 e. The first-order valence-corrected chi connectivity index (χ1v) is 7.95. The van der Waals surface area contributed by atoms with Gasteiger partial charge in [-0.05, 0) is 47.4 Å². The molecule has 0 radical (unpaired) electrons. The van der Waals surface area contributed by atoms with E-state index in [1.54, 1.807) is 12.4 Å². The molecule has 1 heterocycles. The minimum atomic E-state index is 0.533. The number of aryl methyl sites for hydroxylation is 1. The Balaban J connectivity index is 1.76. The number of nitrogens with zero attached hydrogens (tertiary/aromatic N) is 1. The summed E-state index contributed by atoms with van der Waals surface area (Å²) in [6, 6.07) is 17.7. The van der Waals surface area contributed by atoms with Crippen LogP contribution in [0.3, 0.4) is 0 Å². The van der Waals surface area contributed by atoms with Crippen molar-refractivity contribution in [2.24, 2.45) is 0 Å². The van der Waals surface area contributed by atoms with Gasteiger partial charge in [0, 0.05) is 24.4 Å². The van der Waals surface area contributed by atoms with E-state index in [1.807, 2.05) is 55.5 Å². The van der Waals surface area contributed by atoms with E-state index in [0.717, 1.165) is 34.3 Å². The van der Waals surface area contributed by atoms with Crippen LogP contribution in [0.4, 0.5) is 0 Å². The molecule has 0 saturated heterocycles. The summed E-state index contributed by atoms with van der Waals surface area (Å²) in [5.74, 6) is 0.885. The monoisotopic (exact) mass is 317 g/mol. The second-order valence-corrected chi connectivity index (χ2v) is 5.63. The normalized spacial score (nSPS) is 10.4. The molecule has 1 aromatic heterocycles. The molecule has 0 bridgehead atoms. The third-order valence-electron chi connectivity index (χ3n) is 4.01. The Bertz CT molecular complexity index is 828. The van der Waals surface area contributed by atoms with Gasteiger partial charge in [-0.25, -0.2) is 0 Å². The van der Waals surface area contributed by atoms with Crippen molar-refractivity contribution < 1.29 is 9.53 Å². The van der Waals surface area contributed by atoms with Gasteiger partial charge in [-0.15, -0.1) is 0 Å². The molecule has 0 N–H and O–H groups in total. The van der Waals surface area contributed by atoms with Crippen LogP contribution < -0.4 is 4.74 Å². The molecule has 0 spiro atoms. The van der Waals surface area contributed by atoms with Crippen LogP contribution in [0.25, 0.3) is 11.1 Å². The molecule has 0 atom stereocenters. The molecule has 0 aliphatic heterocycles. The van der Waals surface area contributed by atoms with Gasteiger partial charge >= 0.3 is 0 Å². The highest BCUT2D eigenvalue weighted by Crippen LogP contribution is 2.22. The Morgan fingerprint density at radius 1 is 1.00 bits per heavy atom. The molecule has 0 saturated carbocycles. The van der Waals surface area contributed by atoms with E-state index in [-0.39, 0.29) is 0 Å². The number of carbonyl (C=O) groups is 1. The summed E-state index contributed by atoms with van der Waals surface area (Å²) in [6.45, 7) is 2.56. The van der Waals surface area contributed by atoms with Gasteiger partial charge in [-0.3, -0.25) is 9.78 Å². The summed E-state index contributed by atoms with van der Waals surface area (Å²) in [4.78, 5) is 15.4. The van der Waals surface area contributed by atoms with Crippen LogP contribution in [-0.4, -0.2) is 17.9 Å². The van der Waals surface area contributed by atoms with Crippen molar-refractivity contribution in [2.75, 3.05) is 6.61 Å². The maximum Gasteiger partial charge on any atom is 0.150 e. The van der Waals surface area contributed by atoms with Gasteiger partial charge in [-0.1, -0.05) is 36.4 Å². The first-order valence-electron chi connectivity index (χ1n) is 7.95. The number of aromatic nitrogens is 1. The van der Waals surface area contributed by atoms with Crippen molar-refractivity contribution in [3.05, 3.63) is 83.7 Å². The summed E-state index contributed by atoms with van der Waals surface area (Å²) in [5.41, 5.74) is 4.98. The van der Waals surface area contributed by atoms with Crippen molar-refractivity contribution in [3.63, 3.8) is 0 Å². The van der Waals surface area contributed by atoms with Gasteiger partial charge in [0.2, 0.25) is 0 Å². The summed E-state index contributed by atoms with van der Waals surface area (Å²) in [5, 5.41) is 0. The third-order valence-corrected chi connectivity index (χ3v) is 4.01. The highest BCUT2D eigenvalue weighted by molar-refractivity contribution is 5.79. The summed E-state index contributed by atoms with van der Waals surface area (Å²) in [7, 11) is 0. The molecular formula is C21H19NO2. The van der Waals surface area contributed by atoms with Gasteiger partial charge in [-0.2, -0.15) is 0 Å². The molecule has 3 heteroatoms. The van der Waals surface area contributed by atoms with Crippen molar-refractivity contribution in [2.45, 2.75) is 13.3 Å². The van der Waals surface area contributed by atoms with Crippen molar-refractivity contribution in [3.8, 4) is 16.9 Å². The van der Waals surface area contributed by atoms with Crippen molar-refractivity contribution in [1.82, 2.24) is 4.98 Å². The Kier molecular flexibility index (Phi) is 5.02. The SMILES string of the molecule is Cc1ccccc1OCCc1cc(-c2ccncc2)ccc1C=O. The predicted octanol–water partition coefficient (Wildman–Crippen LogP) is 4.49. The van der Waals surface area contributed by atoms with E-state index in [2.05, 4.69) is 11.1 Å². The number of carbonyl (C=O) groups excluding carboxylic acids is 1. The highest BCUT2D eigenvalue weighted by Gasteiger charge is 2.06. The van der Waals surface area contributed by atoms with E-state index in [4.69, 9.17) is 4.74 Å². The Hall–Kier alpha value is -2.94. The van der Waals surface area contributed by atoms with Gasteiger partial charge in [0.1, 0.15) is 12.0 Å². The largest absolute Gasteiger partial charge is 0.493 e. The molecule has 0 unspecified atom stereocenters. The van der Waals surface area contributed by atoms with Crippen LogP contribution in [0.5, 0.6) is 5.75 Å². The van der Waals surface area contributed by atoms with Crippen LogP contribution in [-0.2, 0) is 6.42 Å². The number of pyridine rings is 1. The van der Waals surface area contributed by atoms with Crippen LogP contribution in [0.15, 0.2) is 67.0 Å². The van der Waals surface area contributed by atoms with E-state index in [1.165, 1.54) is 0 Å². The maximum atomic E-state index is 11.3. The Labute approximate surface area is 142 Å². The maximum absolute atomic E-state index is 11.3. The van der Waals surface area contributed by atoms with Crippen LogP contribution in [0, 0.1) is 6.92 Å². The molecule has 3 nitrogen and oxygen atoms in total. The zero-order valence-electron chi connectivity index (χ0n) is 13.6. The molecule has 0 aliphatic carbocycles. The van der Waals surface area contributed by atoms with E-state index >= 15 is 0 Å². The Morgan fingerprint density at radius 2 is 1.79 bits per heavy atom. The second kappa shape index (κ2) is 7.55. The quantitative estimate of drug-likeness (QED) is 0.629. The summed E-state index contributed by atoms with van der Waals surface area (Å²) >= 11 is 0. The fourth-order valence-electron chi connectivity index (χ4n) is 2.65. The summed E-state index contributed by atoms with van der Waals surface area (Å²) in [6.07, 6.45) is 5.12. The first kappa shape index (κ1) is 15.9. The minimum absolute atomic E-state index is 0.533. The lowest BCUT2D eigenvalue weighted by molar-refractivity contribution is 0.112. The molecule has 3 rings (SSSR count). The van der Waals surface area contributed by atoms with Crippen LogP contribution >= 0.6 is 0 Å². The van der Waals surface area contributed by atoms with Crippen molar-refractivity contribution >= 4 is 6.29 Å². The zero-order valence-corrected chi connectivity index (χ0v) is 13.6. The molecule has 0 amide bonds. The number of rotatable bonds is 6. The molecular weight excluding hydrogens is 298 g/mol. The molecule has 2 aromatic carbocycles.